The summed E-state index contributed by atoms with van der Waals surface area (Å²) in [5, 5.41) is 11.5. The Balaban J connectivity index is 0.000000433. The largest absolute Gasteiger partial charge is 0.512 e. The van der Waals surface area contributed by atoms with Crippen molar-refractivity contribution in [3.63, 3.8) is 0 Å². The van der Waals surface area contributed by atoms with Gasteiger partial charge in [-0.05, 0) is 67.8 Å². The van der Waals surface area contributed by atoms with Crippen molar-refractivity contribution in [3.05, 3.63) is 126 Å². The van der Waals surface area contributed by atoms with E-state index in [2.05, 4.69) is 74.5 Å². The van der Waals surface area contributed by atoms with E-state index >= 15 is 0 Å². The zero-order valence-electron chi connectivity index (χ0n) is 24.8. The molecule has 7 rings (SSSR count). The maximum absolute atomic E-state index is 10.0. The molecule has 1 N–H and O–H groups in total. The number of benzene rings is 4. The van der Waals surface area contributed by atoms with Crippen LogP contribution in [-0.4, -0.2) is 15.9 Å². The maximum Gasteiger partial charge on any atom is 0.155 e. The fourth-order valence-corrected chi connectivity index (χ4v) is 5.47. The van der Waals surface area contributed by atoms with E-state index in [1.54, 1.807) is 6.20 Å². The van der Waals surface area contributed by atoms with Gasteiger partial charge in [0, 0.05) is 42.5 Å². The Morgan fingerprint density at radius 1 is 0.818 bits per heavy atom. The number of aliphatic hydroxyl groups excluding tert-OH is 1. The van der Waals surface area contributed by atoms with Crippen LogP contribution in [0.3, 0.4) is 0 Å². The van der Waals surface area contributed by atoms with E-state index < -0.39 is 0 Å². The van der Waals surface area contributed by atoms with Crippen LogP contribution < -0.4 is 0 Å². The van der Waals surface area contributed by atoms with Crippen LogP contribution >= 0.6 is 0 Å². The van der Waals surface area contributed by atoms with E-state index in [9.17, 15) is 4.79 Å². The number of para-hydroxylation sites is 1. The molecule has 0 atom stereocenters. The van der Waals surface area contributed by atoms with E-state index in [0.717, 1.165) is 55.5 Å². The molecule has 0 bridgehead atoms. The number of nitrogens with zero attached hydrogens (tertiary/aromatic N) is 1. The van der Waals surface area contributed by atoms with Crippen LogP contribution in [0.5, 0.6) is 0 Å². The molecule has 5 nitrogen and oxygen atoms in total. The third-order valence-corrected chi connectivity index (χ3v) is 7.35. The second kappa shape index (κ2) is 12.8. The van der Waals surface area contributed by atoms with Crippen molar-refractivity contribution < 1.29 is 38.8 Å². The van der Waals surface area contributed by atoms with Crippen LogP contribution in [0.25, 0.3) is 66.6 Å². The molecule has 1 radical (unpaired) electrons. The number of carbonyl (C=O) groups is 1. The van der Waals surface area contributed by atoms with Crippen LogP contribution in [0.2, 0.25) is 0 Å². The summed E-state index contributed by atoms with van der Waals surface area (Å²) in [6.45, 7) is 7.16. The number of ketones is 1. The van der Waals surface area contributed by atoms with Gasteiger partial charge >= 0.3 is 0 Å². The number of hydrogen-bond donors (Lipinski definition) is 1. The molecule has 0 aliphatic carbocycles. The topological polar surface area (TPSA) is 76.5 Å². The number of allylic oxidation sites excluding steroid dienone is 2. The molecule has 0 amide bonds. The van der Waals surface area contributed by atoms with Gasteiger partial charge in [0.2, 0.25) is 0 Å². The van der Waals surface area contributed by atoms with E-state index in [4.69, 9.17) is 18.9 Å². The van der Waals surface area contributed by atoms with Gasteiger partial charge in [-0.1, -0.05) is 77.7 Å². The van der Waals surface area contributed by atoms with Gasteiger partial charge in [-0.15, -0.1) is 18.2 Å². The average molecular weight is 757 g/mol. The standard InChI is InChI=1S/C33H22NO2.C5H8O2.Ir/c1-20-7-5-8-21(2)32(20)23-15-13-22(14-16-23)30-18-24-17-28(34-19-31(24)35-30)27-11-6-10-26-25-9-3-4-12-29(25)36-33(26)27;1-4(6)3-5(2)7;/h3-10,12-19H,1-2H3;3,6H,1-2H3;/q-1;;/b;4-3-;. The summed E-state index contributed by atoms with van der Waals surface area (Å²) in [5.74, 6) is 0.760. The van der Waals surface area contributed by atoms with Gasteiger partial charge in [0.1, 0.15) is 11.3 Å². The van der Waals surface area contributed by atoms with Crippen LogP contribution in [0.1, 0.15) is 25.0 Å². The summed E-state index contributed by atoms with van der Waals surface area (Å²) in [6, 6.07) is 34.5. The summed E-state index contributed by atoms with van der Waals surface area (Å²) in [4.78, 5) is 14.7. The van der Waals surface area contributed by atoms with Gasteiger partial charge in [-0.2, -0.15) is 0 Å². The van der Waals surface area contributed by atoms with Gasteiger partial charge in [0.15, 0.2) is 11.4 Å². The normalized spacial score (nSPS) is 11.3. The molecule has 7 aromatic rings. The van der Waals surface area contributed by atoms with Crippen molar-refractivity contribution in [3.8, 4) is 33.7 Å². The molecule has 44 heavy (non-hydrogen) atoms. The van der Waals surface area contributed by atoms with Crippen molar-refractivity contribution in [2.75, 3.05) is 0 Å². The number of fused-ring (bicyclic) bond motifs is 4. The summed E-state index contributed by atoms with van der Waals surface area (Å²) in [6.07, 6.45) is 2.95. The number of aromatic nitrogens is 1. The van der Waals surface area contributed by atoms with Crippen molar-refractivity contribution in [1.29, 1.82) is 0 Å². The molecule has 3 heterocycles. The second-order valence-corrected chi connectivity index (χ2v) is 10.7. The van der Waals surface area contributed by atoms with Gasteiger partial charge in [0.05, 0.1) is 17.5 Å². The molecular formula is C38H30IrNO4-. The minimum Gasteiger partial charge on any atom is -0.512 e. The van der Waals surface area contributed by atoms with Crippen molar-refractivity contribution in [2.45, 2.75) is 27.7 Å². The quantitative estimate of drug-likeness (QED) is 0.110. The molecule has 6 heteroatoms. The van der Waals surface area contributed by atoms with Crippen molar-refractivity contribution in [1.82, 2.24) is 4.98 Å². The number of hydrogen-bond acceptors (Lipinski definition) is 5. The molecule has 4 aromatic carbocycles. The van der Waals surface area contributed by atoms with E-state index in [1.807, 2.05) is 36.4 Å². The number of pyridine rings is 1. The monoisotopic (exact) mass is 757 g/mol. The first-order valence-electron chi connectivity index (χ1n) is 14.1. The number of rotatable bonds is 4. The first-order valence-corrected chi connectivity index (χ1v) is 14.1. The molecule has 0 aliphatic rings. The summed E-state index contributed by atoms with van der Waals surface area (Å²) in [5.41, 5.74) is 10.2. The van der Waals surface area contributed by atoms with Gasteiger partial charge in [-0.3, -0.25) is 4.79 Å². The van der Waals surface area contributed by atoms with Crippen LogP contribution in [0.15, 0.2) is 118 Å². The molecule has 0 saturated heterocycles. The van der Waals surface area contributed by atoms with Crippen molar-refractivity contribution in [2.24, 2.45) is 0 Å². The minimum atomic E-state index is -0.125. The Kier molecular flexibility index (Phi) is 8.96. The summed E-state index contributed by atoms with van der Waals surface area (Å²) in [7, 11) is 0. The van der Waals surface area contributed by atoms with Crippen LogP contribution in [0.4, 0.5) is 0 Å². The first kappa shape index (κ1) is 30.7. The maximum atomic E-state index is 10.0. The van der Waals surface area contributed by atoms with Crippen molar-refractivity contribution >= 4 is 38.7 Å². The number of aliphatic hydroxyl groups is 1. The van der Waals surface area contributed by atoms with Gasteiger partial charge in [-0.25, -0.2) is 0 Å². The SMILES string of the molecule is CC(=O)/C=C(/C)O.Cc1cccc(C)c1-c1ccc(-c2cc3cc(-c4[c-]ccc5c4oc4ccccc45)ncc3o2)cc1.[Ir]. The molecule has 221 valence electrons. The Labute approximate surface area is 269 Å². The Morgan fingerprint density at radius 2 is 1.52 bits per heavy atom. The molecule has 0 aliphatic heterocycles. The molecular weight excluding hydrogens is 727 g/mol. The Morgan fingerprint density at radius 3 is 2.20 bits per heavy atom. The predicted molar refractivity (Wildman–Crippen MR) is 173 cm³/mol. The number of aryl methyl sites for hydroxylation is 2. The minimum absolute atomic E-state index is 0. The molecule has 0 fully saturated rings. The fraction of sp³-hybridized carbons (Fsp3) is 0.105. The van der Waals surface area contributed by atoms with E-state index in [-0.39, 0.29) is 31.6 Å². The van der Waals surface area contributed by atoms with E-state index in [1.165, 1.54) is 42.2 Å². The molecule has 3 aromatic heterocycles. The first-order chi connectivity index (χ1) is 20.8. The molecule has 0 saturated carbocycles. The number of furan rings is 2. The Hall–Kier alpha value is -4.77. The average Bonchev–Trinajstić information content (AvgIpc) is 3.58. The predicted octanol–water partition coefficient (Wildman–Crippen LogP) is 10.2. The fourth-order valence-electron chi connectivity index (χ4n) is 5.47. The molecule has 0 spiro atoms. The zero-order valence-corrected chi connectivity index (χ0v) is 27.2. The van der Waals surface area contributed by atoms with Crippen LogP contribution in [-0.2, 0) is 24.9 Å². The van der Waals surface area contributed by atoms with Gasteiger partial charge < -0.3 is 18.9 Å². The van der Waals surface area contributed by atoms with Crippen LogP contribution in [0, 0.1) is 19.9 Å². The third-order valence-electron chi connectivity index (χ3n) is 7.35. The number of carbonyl (C=O) groups excluding carboxylic acids is 1. The van der Waals surface area contributed by atoms with E-state index in [0.29, 0.717) is 0 Å². The van der Waals surface area contributed by atoms with Gasteiger partial charge in [0.25, 0.3) is 0 Å². The smallest absolute Gasteiger partial charge is 0.155 e. The third kappa shape index (κ3) is 6.14. The zero-order chi connectivity index (χ0) is 30.1. The Bertz CT molecular complexity index is 2130. The summed E-state index contributed by atoms with van der Waals surface area (Å²) >= 11 is 0. The summed E-state index contributed by atoms with van der Waals surface area (Å²) < 4.78 is 12.4. The second-order valence-electron chi connectivity index (χ2n) is 10.7. The molecule has 0 unspecified atom stereocenters.